The zero-order valence-corrected chi connectivity index (χ0v) is 20.4. The number of aromatic amines is 1. The first-order valence-electron chi connectivity index (χ1n) is 12.1. The Bertz CT molecular complexity index is 1320. The van der Waals surface area contributed by atoms with E-state index < -0.39 is 0 Å². The van der Waals surface area contributed by atoms with Gasteiger partial charge in [-0.3, -0.25) is 14.9 Å². The Morgan fingerprint density at radius 2 is 2.03 bits per heavy atom. The SMILES string of the molecule is CCOc1cc(C(=O)N(C)[C@@H](c2cncc3cn[nH]c23)[C@@H]2CCN(C)C2)ccc1-c1ccccc1. The van der Waals surface area contributed by atoms with Gasteiger partial charge in [-0.05, 0) is 56.6 Å². The summed E-state index contributed by atoms with van der Waals surface area (Å²) in [5.74, 6) is 0.966. The molecule has 1 N–H and O–H groups in total. The molecule has 1 aliphatic rings. The summed E-state index contributed by atoms with van der Waals surface area (Å²) in [6, 6.07) is 15.7. The lowest BCUT2D eigenvalue weighted by Crippen LogP contribution is -2.36. The monoisotopic (exact) mass is 469 g/mol. The van der Waals surface area contributed by atoms with Crippen LogP contribution in [0.15, 0.2) is 67.1 Å². The molecule has 2 aromatic heterocycles. The molecule has 0 bridgehead atoms. The maximum absolute atomic E-state index is 13.9. The van der Waals surface area contributed by atoms with Crippen LogP contribution in [0.2, 0.25) is 0 Å². The number of fused-ring (bicyclic) bond motifs is 1. The molecule has 7 heteroatoms. The van der Waals surface area contributed by atoms with Gasteiger partial charge in [0.2, 0.25) is 0 Å². The predicted molar refractivity (Wildman–Crippen MR) is 137 cm³/mol. The average molecular weight is 470 g/mol. The van der Waals surface area contributed by atoms with E-state index in [2.05, 4.69) is 39.3 Å². The molecule has 3 heterocycles. The molecule has 5 rings (SSSR count). The van der Waals surface area contributed by atoms with E-state index in [1.54, 1.807) is 12.4 Å². The third kappa shape index (κ3) is 4.51. The number of carbonyl (C=O) groups excluding carboxylic acids is 1. The molecule has 7 nitrogen and oxygen atoms in total. The molecule has 1 fully saturated rings. The summed E-state index contributed by atoms with van der Waals surface area (Å²) in [5, 5.41) is 8.30. The number of nitrogens with one attached hydrogen (secondary N) is 1. The van der Waals surface area contributed by atoms with Crippen LogP contribution in [0.5, 0.6) is 5.75 Å². The van der Waals surface area contributed by atoms with Crippen molar-refractivity contribution in [1.29, 1.82) is 0 Å². The summed E-state index contributed by atoms with van der Waals surface area (Å²) >= 11 is 0. The fraction of sp³-hybridized carbons (Fsp3) is 0.321. The van der Waals surface area contributed by atoms with E-state index in [9.17, 15) is 4.79 Å². The van der Waals surface area contributed by atoms with Gasteiger partial charge in [-0.1, -0.05) is 30.3 Å². The highest BCUT2D eigenvalue weighted by Gasteiger charge is 2.35. The number of amides is 1. The number of hydrogen-bond donors (Lipinski definition) is 1. The molecule has 0 radical (unpaired) electrons. The first-order chi connectivity index (χ1) is 17.1. The van der Waals surface area contributed by atoms with Crippen LogP contribution in [0, 0.1) is 5.92 Å². The zero-order valence-electron chi connectivity index (χ0n) is 20.4. The van der Waals surface area contributed by atoms with Crippen molar-refractivity contribution in [2.24, 2.45) is 5.92 Å². The van der Waals surface area contributed by atoms with Crippen molar-refractivity contribution >= 4 is 16.8 Å². The van der Waals surface area contributed by atoms with Crippen LogP contribution in [0.25, 0.3) is 22.0 Å². The number of rotatable bonds is 7. The lowest BCUT2D eigenvalue weighted by atomic mass is 9.90. The van der Waals surface area contributed by atoms with Gasteiger partial charge in [-0.2, -0.15) is 5.10 Å². The van der Waals surface area contributed by atoms with E-state index in [1.165, 1.54) is 0 Å². The van der Waals surface area contributed by atoms with Crippen molar-refractivity contribution in [2.45, 2.75) is 19.4 Å². The highest BCUT2D eigenvalue weighted by atomic mass is 16.5. The fourth-order valence-corrected chi connectivity index (χ4v) is 5.23. The molecule has 1 amide bonds. The van der Waals surface area contributed by atoms with E-state index in [0.717, 1.165) is 47.1 Å². The van der Waals surface area contributed by atoms with E-state index in [1.807, 2.05) is 61.5 Å². The van der Waals surface area contributed by atoms with Crippen LogP contribution in [0.4, 0.5) is 0 Å². The van der Waals surface area contributed by atoms with Crippen LogP contribution in [0.1, 0.15) is 35.3 Å². The Labute approximate surface area is 205 Å². The maximum atomic E-state index is 13.9. The van der Waals surface area contributed by atoms with Crippen molar-refractivity contribution in [2.75, 3.05) is 33.8 Å². The normalized spacial score (nSPS) is 16.9. The molecular weight excluding hydrogens is 438 g/mol. The number of benzene rings is 2. The topological polar surface area (TPSA) is 74.3 Å². The molecule has 2 aromatic carbocycles. The number of carbonyl (C=O) groups is 1. The Balaban J connectivity index is 1.52. The minimum atomic E-state index is -0.131. The van der Waals surface area contributed by atoms with Crippen LogP contribution >= 0.6 is 0 Å². The van der Waals surface area contributed by atoms with Gasteiger partial charge in [0.1, 0.15) is 5.75 Å². The highest BCUT2D eigenvalue weighted by molar-refractivity contribution is 5.96. The largest absolute Gasteiger partial charge is 0.493 e. The number of likely N-dealkylation sites (tertiary alicyclic amines) is 1. The van der Waals surface area contributed by atoms with Gasteiger partial charge in [0.05, 0.1) is 24.4 Å². The zero-order chi connectivity index (χ0) is 24.4. The number of hydrogen-bond acceptors (Lipinski definition) is 5. The number of nitrogens with zero attached hydrogens (tertiary/aromatic N) is 4. The highest BCUT2D eigenvalue weighted by Crippen LogP contribution is 2.38. The molecule has 0 unspecified atom stereocenters. The second-order valence-electron chi connectivity index (χ2n) is 9.24. The van der Waals surface area contributed by atoms with Crippen molar-refractivity contribution in [3.63, 3.8) is 0 Å². The molecule has 2 atom stereocenters. The van der Waals surface area contributed by atoms with Gasteiger partial charge in [0.15, 0.2) is 0 Å². The van der Waals surface area contributed by atoms with Crippen LogP contribution in [0.3, 0.4) is 0 Å². The number of ether oxygens (including phenoxy) is 1. The maximum Gasteiger partial charge on any atom is 0.254 e. The van der Waals surface area contributed by atoms with E-state index in [-0.39, 0.29) is 11.9 Å². The van der Waals surface area contributed by atoms with E-state index in [0.29, 0.717) is 23.8 Å². The quantitative estimate of drug-likeness (QED) is 0.421. The molecule has 0 saturated carbocycles. The molecule has 180 valence electrons. The van der Waals surface area contributed by atoms with Crippen LogP contribution in [-0.2, 0) is 0 Å². The summed E-state index contributed by atoms with van der Waals surface area (Å²) in [5.41, 5.74) is 4.59. The van der Waals surface area contributed by atoms with Crippen molar-refractivity contribution in [3.8, 4) is 16.9 Å². The first-order valence-corrected chi connectivity index (χ1v) is 12.1. The van der Waals surface area contributed by atoms with Gasteiger partial charge >= 0.3 is 0 Å². The van der Waals surface area contributed by atoms with Crippen LogP contribution in [-0.4, -0.2) is 64.7 Å². The second-order valence-corrected chi connectivity index (χ2v) is 9.24. The molecular formula is C28H31N5O2. The van der Waals surface area contributed by atoms with E-state index in [4.69, 9.17) is 4.74 Å². The molecule has 4 aromatic rings. The average Bonchev–Trinajstić information content (AvgIpc) is 3.54. The molecule has 35 heavy (non-hydrogen) atoms. The van der Waals surface area contributed by atoms with Crippen LogP contribution < -0.4 is 4.74 Å². The summed E-state index contributed by atoms with van der Waals surface area (Å²) in [6.07, 6.45) is 6.47. The van der Waals surface area contributed by atoms with Crippen molar-refractivity contribution in [1.82, 2.24) is 25.0 Å². The molecule has 0 aliphatic carbocycles. The standard InChI is InChI=1S/C28H31N5O2/c1-4-35-25-14-20(10-11-23(25)19-8-6-5-7-9-19)28(34)33(3)27(21-12-13-32(2)18-21)24-17-29-15-22-16-30-31-26(22)24/h5-11,14-17,21,27H,4,12-13,18H2,1-3H3,(H,30,31)/t21-,27-/m1/s1. The molecule has 1 saturated heterocycles. The smallest absolute Gasteiger partial charge is 0.254 e. The Morgan fingerprint density at radius 3 is 2.77 bits per heavy atom. The third-order valence-electron chi connectivity index (χ3n) is 6.93. The minimum absolute atomic E-state index is 0.0402. The minimum Gasteiger partial charge on any atom is -0.493 e. The summed E-state index contributed by atoms with van der Waals surface area (Å²) in [7, 11) is 4.02. The summed E-state index contributed by atoms with van der Waals surface area (Å²) in [4.78, 5) is 22.5. The Kier molecular flexibility index (Phi) is 6.51. The first kappa shape index (κ1) is 23.1. The summed E-state index contributed by atoms with van der Waals surface area (Å²) in [6.45, 7) is 4.41. The third-order valence-corrected chi connectivity index (χ3v) is 6.93. The predicted octanol–water partition coefficient (Wildman–Crippen LogP) is 4.79. The summed E-state index contributed by atoms with van der Waals surface area (Å²) < 4.78 is 5.97. The van der Waals surface area contributed by atoms with Crippen molar-refractivity contribution < 1.29 is 9.53 Å². The molecule has 1 aliphatic heterocycles. The Morgan fingerprint density at radius 1 is 1.20 bits per heavy atom. The lowest BCUT2D eigenvalue weighted by Gasteiger charge is -2.33. The number of pyridine rings is 1. The van der Waals surface area contributed by atoms with Gasteiger partial charge in [-0.25, -0.2) is 0 Å². The van der Waals surface area contributed by atoms with Gasteiger partial charge in [0.25, 0.3) is 5.91 Å². The van der Waals surface area contributed by atoms with Gasteiger partial charge in [0, 0.05) is 48.1 Å². The van der Waals surface area contributed by atoms with Gasteiger partial charge in [-0.15, -0.1) is 0 Å². The van der Waals surface area contributed by atoms with Gasteiger partial charge < -0.3 is 14.5 Å². The second kappa shape index (κ2) is 9.88. The Hall–Kier alpha value is -3.71. The van der Waals surface area contributed by atoms with Crippen molar-refractivity contribution in [3.05, 3.63) is 78.2 Å². The van der Waals surface area contributed by atoms with E-state index >= 15 is 0 Å². The number of H-pyrrole nitrogens is 1. The molecule has 0 spiro atoms. The number of aromatic nitrogens is 3. The fourth-order valence-electron chi connectivity index (χ4n) is 5.23. The lowest BCUT2D eigenvalue weighted by molar-refractivity contribution is 0.0674.